The fourth-order valence-corrected chi connectivity index (χ4v) is 2.99. The van der Waals surface area contributed by atoms with Gasteiger partial charge in [-0.25, -0.2) is 9.97 Å². The summed E-state index contributed by atoms with van der Waals surface area (Å²) in [5.74, 6) is 2.35. The van der Waals surface area contributed by atoms with E-state index < -0.39 is 0 Å². The third kappa shape index (κ3) is 2.34. The lowest BCUT2D eigenvalue weighted by Crippen LogP contribution is -2.05. The molecule has 0 saturated heterocycles. The van der Waals surface area contributed by atoms with Crippen LogP contribution < -0.4 is 9.47 Å². The summed E-state index contributed by atoms with van der Waals surface area (Å²) in [5, 5.41) is 0. The van der Waals surface area contributed by atoms with Crippen molar-refractivity contribution >= 4 is 0 Å². The zero-order valence-electron chi connectivity index (χ0n) is 13.1. The molecule has 116 valence electrons. The molecule has 3 aromatic rings. The quantitative estimate of drug-likeness (QED) is 0.745. The lowest BCUT2D eigenvalue weighted by Gasteiger charge is -2.11. The second-order valence-electron chi connectivity index (χ2n) is 5.61. The summed E-state index contributed by atoms with van der Waals surface area (Å²) in [6.07, 6.45) is 6.62. The van der Waals surface area contributed by atoms with Gasteiger partial charge < -0.3 is 9.47 Å². The Morgan fingerprint density at radius 3 is 3.00 bits per heavy atom. The van der Waals surface area contributed by atoms with Crippen molar-refractivity contribution in [2.24, 2.45) is 0 Å². The van der Waals surface area contributed by atoms with E-state index in [0.29, 0.717) is 5.88 Å². The van der Waals surface area contributed by atoms with E-state index in [0.717, 1.165) is 29.2 Å². The molecule has 0 amide bonds. The summed E-state index contributed by atoms with van der Waals surface area (Å²) in [5.41, 5.74) is 3.15. The molecule has 0 spiro atoms. The molecular formula is C18H17N3O2. The topological polar surface area (TPSA) is 49.2 Å². The van der Waals surface area contributed by atoms with Crippen LogP contribution in [0.3, 0.4) is 0 Å². The average Bonchev–Trinajstić information content (AvgIpc) is 3.19. The van der Waals surface area contributed by atoms with Crippen molar-refractivity contribution in [1.82, 2.24) is 14.5 Å². The maximum absolute atomic E-state index is 5.78. The lowest BCUT2D eigenvalue weighted by atomic mass is 10.1. The van der Waals surface area contributed by atoms with Gasteiger partial charge in [0.15, 0.2) is 0 Å². The number of fused-ring (bicyclic) bond motifs is 1. The summed E-state index contributed by atoms with van der Waals surface area (Å²) in [7, 11) is 1.62. The number of rotatable bonds is 3. The second kappa shape index (κ2) is 5.43. The van der Waals surface area contributed by atoms with Crippen LogP contribution in [0.2, 0.25) is 0 Å². The summed E-state index contributed by atoms with van der Waals surface area (Å²) in [6.45, 7) is 2.09. The van der Waals surface area contributed by atoms with Crippen LogP contribution in [0, 0.1) is 0 Å². The largest absolute Gasteiger partial charge is 0.490 e. The Morgan fingerprint density at radius 1 is 1.22 bits per heavy atom. The van der Waals surface area contributed by atoms with Gasteiger partial charge in [0.05, 0.1) is 12.7 Å². The minimum atomic E-state index is 0.237. The third-order valence-corrected chi connectivity index (χ3v) is 4.00. The van der Waals surface area contributed by atoms with E-state index in [2.05, 4.69) is 23.0 Å². The minimum Gasteiger partial charge on any atom is -0.490 e. The Kier molecular flexibility index (Phi) is 3.26. The predicted molar refractivity (Wildman–Crippen MR) is 87.1 cm³/mol. The van der Waals surface area contributed by atoms with Gasteiger partial charge in [-0.3, -0.25) is 4.57 Å². The van der Waals surface area contributed by atoms with Gasteiger partial charge in [0.1, 0.15) is 17.7 Å². The van der Waals surface area contributed by atoms with Gasteiger partial charge in [-0.1, -0.05) is 0 Å². The summed E-state index contributed by atoms with van der Waals surface area (Å²) < 4.78 is 13.2. The van der Waals surface area contributed by atoms with Crippen molar-refractivity contribution < 1.29 is 9.47 Å². The Hall–Kier alpha value is -2.82. The van der Waals surface area contributed by atoms with E-state index in [-0.39, 0.29) is 6.10 Å². The highest BCUT2D eigenvalue weighted by molar-refractivity contribution is 5.64. The zero-order chi connectivity index (χ0) is 15.8. The highest BCUT2D eigenvalue weighted by Gasteiger charge is 2.20. The summed E-state index contributed by atoms with van der Waals surface area (Å²) in [6, 6.07) is 10.1. The van der Waals surface area contributed by atoms with E-state index in [9.17, 15) is 0 Å². The Bertz CT molecular complexity index is 857. The molecule has 2 aromatic heterocycles. The maximum Gasteiger partial charge on any atom is 0.224 e. The lowest BCUT2D eigenvalue weighted by molar-refractivity contribution is 0.254. The molecule has 1 aliphatic rings. The number of pyridine rings is 1. The van der Waals surface area contributed by atoms with Crippen LogP contribution in [-0.2, 0) is 6.42 Å². The van der Waals surface area contributed by atoms with Crippen LogP contribution in [0.4, 0.5) is 0 Å². The van der Waals surface area contributed by atoms with Crippen molar-refractivity contribution in [3.05, 3.63) is 54.5 Å². The van der Waals surface area contributed by atoms with Crippen molar-refractivity contribution in [3.63, 3.8) is 0 Å². The van der Waals surface area contributed by atoms with E-state index >= 15 is 0 Å². The van der Waals surface area contributed by atoms with Crippen molar-refractivity contribution in [2.45, 2.75) is 19.4 Å². The number of imidazole rings is 1. The molecule has 5 nitrogen and oxygen atoms in total. The third-order valence-electron chi connectivity index (χ3n) is 4.00. The van der Waals surface area contributed by atoms with E-state index in [1.807, 2.05) is 35.0 Å². The molecule has 0 radical (unpaired) electrons. The molecule has 0 bridgehead atoms. The predicted octanol–water partition coefficient (Wildman–Crippen LogP) is 3.27. The van der Waals surface area contributed by atoms with Crippen LogP contribution in [0.25, 0.3) is 17.1 Å². The first-order chi connectivity index (χ1) is 11.3. The molecule has 1 atom stereocenters. The zero-order valence-corrected chi connectivity index (χ0v) is 13.1. The molecule has 0 saturated carbocycles. The van der Waals surface area contributed by atoms with Crippen LogP contribution in [0.5, 0.6) is 11.6 Å². The van der Waals surface area contributed by atoms with Crippen LogP contribution in [-0.4, -0.2) is 27.7 Å². The van der Waals surface area contributed by atoms with Gasteiger partial charge in [0.2, 0.25) is 5.88 Å². The molecule has 1 unspecified atom stereocenters. The fraction of sp³-hybridized carbons (Fsp3) is 0.222. The standard InChI is InChI=1S/C18H17N3O2/c1-12-10-13-11-14(5-6-16(13)23-12)21-9-8-19-17(21)15-4-3-7-20-18(15)22-2/h3-9,11-12H,10H2,1-2H3. The molecule has 23 heavy (non-hydrogen) atoms. The van der Waals surface area contributed by atoms with Crippen molar-refractivity contribution in [1.29, 1.82) is 0 Å². The van der Waals surface area contributed by atoms with Gasteiger partial charge in [0.25, 0.3) is 0 Å². The Morgan fingerprint density at radius 2 is 2.13 bits per heavy atom. The second-order valence-corrected chi connectivity index (χ2v) is 5.61. The monoisotopic (exact) mass is 307 g/mol. The van der Waals surface area contributed by atoms with Crippen molar-refractivity contribution in [3.8, 4) is 28.7 Å². The van der Waals surface area contributed by atoms with E-state index in [1.54, 1.807) is 19.5 Å². The SMILES string of the molecule is COc1ncccc1-c1nccn1-c1ccc2c(c1)CC(C)O2. The first-order valence-electron chi connectivity index (χ1n) is 7.59. The van der Waals surface area contributed by atoms with E-state index in [4.69, 9.17) is 9.47 Å². The number of benzene rings is 1. The number of aromatic nitrogens is 3. The molecule has 3 heterocycles. The van der Waals surface area contributed by atoms with E-state index in [1.165, 1.54) is 5.56 Å². The molecule has 0 N–H and O–H groups in total. The summed E-state index contributed by atoms with van der Waals surface area (Å²) in [4.78, 5) is 8.75. The van der Waals surface area contributed by atoms with Crippen LogP contribution >= 0.6 is 0 Å². The van der Waals surface area contributed by atoms with Gasteiger partial charge in [0, 0.05) is 30.7 Å². The molecule has 4 rings (SSSR count). The van der Waals surface area contributed by atoms with Crippen LogP contribution in [0.15, 0.2) is 48.9 Å². The fourth-order valence-electron chi connectivity index (χ4n) is 2.99. The number of hydrogen-bond donors (Lipinski definition) is 0. The van der Waals surface area contributed by atoms with Gasteiger partial charge in [-0.05, 0) is 42.8 Å². The highest BCUT2D eigenvalue weighted by Crippen LogP contribution is 2.33. The van der Waals surface area contributed by atoms with Gasteiger partial charge in [-0.2, -0.15) is 0 Å². The normalized spacial score (nSPS) is 16.0. The number of ether oxygens (including phenoxy) is 2. The molecule has 0 fully saturated rings. The minimum absolute atomic E-state index is 0.237. The maximum atomic E-state index is 5.78. The van der Waals surface area contributed by atoms with Crippen molar-refractivity contribution in [2.75, 3.05) is 7.11 Å². The number of methoxy groups -OCH3 is 1. The smallest absolute Gasteiger partial charge is 0.224 e. The molecule has 1 aromatic carbocycles. The Balaban J connectivity index is 1.81. The molecule has 5 heteroatoms. The molecule has 1 aliphatic heterocycles. The first-order valence-corrected chi connectivity index (χ1v) is 7.59. The van der Waals surface area contributed by atoms with Gasteiger partial charge >= 0.3 is 0 Å². The average molecular weight is 307 g/mol. The molecular weight excluding hydrogens is 290 g/mol. The Labute approximate surface area is 134 Å². The van der Waals surface area contributed by atoms with Gasteiger partial charge in [-0.15, -0.1) is 0 Å². The molecule has 0 aliphatic carbocycles. The number of hydrogen-bond acceptors (Lipinski definition) is 4. The highest BCUT2D eigenvalue weighted by atomic mass is 16.5. The van der Waals surface area contributed by atoms with Crippen LogP contribution in [0.1, 0.15) is 12.5 Å². The first kappa shape index (κ1) is 13.8. The summed E-state index contributed by atoms with van der Waals surface area (Å²) >= 11 is 0. The number of nitrogens with zero attached hydrogens (tertiary/aromatic N) is 3.